The Morgan fingerprint density at radius 2 is 1.86 bits per heavy atom. The van der Waals surface area contributed by atoms with Gasteiger partial charge in [0.2, 0.25) is 5.95 Å². The van der Waals surface area contributed by atoms with Gasteiger partial charge in [0.1, 0.15) is 11.6 Å². The highest BCUT2D eigenvalue weighted by atomic mass is 32.2. The minimum absolute atomic E-state index is 0.0209. The van der Waals surface area contributed by atoms with Gasteiger partial charge in [0.25, 0.3) is 0 Å². The third kappa shape index (κ3) is 5.42. The van der Waals surface area contributed by atoms with E-state index in [1.54, 1.807) is 24.7 Å². The third-order valence-electron chi connectivity index (χ3n) is 9.03. The van der Waals surface area contributed by atoms with Gasteiger partial charge in [-0.25, -0.2) is 22.2 Å². The molecule has 1 saturated heterocycles. The number of anilines is 2. The Kier molecular flexibility index (Phi) is 7.85. The molecule has 4 aromatic rings. The molecule has 3 N–H and O–H groups in total. The first-order chi connectivity index (χ1) is 21.0. The summed E-state index contributed by atoms with van der Waals surface area (Å²) in [6, 6.07) is 9.25. The van der Waals surface area contributed by atoms with Crippen molar-refractivity contribution in [3.05, 3.63) is 71.7 Å². The van der Waals surface area contributed by atoms with E-state index in [-0.39, 0.29) is 28.7 Å². The summed E-state index contributed by atoms with van der Waals surface area (Å²) in [5.41, 5.74) is 7.57. The SMILES string of the molecule is CC1CC(c2ccncc2Nc2ncc3ccc(-c4c(F)cc(C5(C#N)CCOCC5)cc4F)nn23)CC(N)C1S(C)(=O)=O. The zero-order valence-electron chi connectivity index (χ0n) is 24.4. The van der Waals surface area contributed by atoms with Gasteiger partial charge in [0, 0.05) is 31.7 Å². The number of nitrogens with two attached hydrogens (primary N) is 1. The molecule has 4 heterocycles. The van der Waals surface area contributed by atoms with Gasteiger partial charge in [-0.3, -0.25) is 4.98 Å². The molecule has 1 aromatic carbocycles. The standard InChI is InChI=1S/C31H33F2N7O3S/c1-18-11-19(12-25(35)29(18)44(2,41)42)22-5-8-36-16-27(22)38-30-37-15-21-3-4-26(39-40(21)30)28-23(32)13-20(14-24(28)33)31(17-34)6-9-43-10-7-31/h3-5,8,13-16,18-19,25,29H,6-7,9-12,35H2,1-2H3,(H,37,38). The van der Waals surface area contributed by atoms with Crippen LogP contribution in [-0.4, -0.2) is 58.8 Å². The van der Waals surface area contributed by atoms with Crippen LogP contribution in [0.2, 0.25) is 0 Å². The lowest BCUT2D eigenvalue weighted by Crippen LogP contribution is -2.48. The van der Waals surface area contributed by atoms with E-state index in [9.17, 15) is 13.7 Å². The lowest BCUT2D eigenvalue weighted by Gasteiger charge is -2.38. The number of imidazole rings is 1. The van der Waals surface area contributed by atoms with Gasteiger partial charge in [-0.1, -0.05) is 6.92 Å². The fourth-order valence-corrected chi connectivity index (χ4v) is 8.63. The first-order valence-corrected chi connectivity index (χ1v) is 16.5. The van der Waals surface area contributed by atoms with E-state index in [1.807, 2.05) is 13.0 Å². The summed E-state index contributed by atoms with van der Waals surface area (Å²) in [4.78, 5) is 8.71. The van der Waals surface area contributed by atoms with E-state index in [4.69, 9.17) is 10.5 Å². The number of hydrogen-bond donors (Lipinski definition) is 2. The summed E-state index contributed by atoms with van der Waals surface area (Å²) in [6.07, 6.45) is 7.97. The fourth-order valence-electron chi connectivity index (χ4n) is 6.92. The number of rotatable bonds is 6. The number of pyridine rings is 1. The van der Waals surface area contributed by atoms with Crippen LogP contribution in [0, 0.1) is 28.9 Å². The number of aromatic nitrogens is 4. The van der Waals surface area contributed by atoms with Crippen LogP contribution < -0.4 is 11.1 Å². The predicted octanol–water partition coefficient (Wildman–Crippen LogP) is 4.64. The van der Waals surface area contributed by atoms with Crippen LogP contribution in [0.1, 0.15) is 49.7 Å². The maximum absolute atomic E-state index is 15.5. The number of benzene rings is 1. The van der Waals surface area contributed by atoms with Crippen LogP contribution in [0.15, 0.2) is 48.9 Å². The van der Waals surface area contributed by atoms with Crippen molar-refractivity contribution in [2.24, 2.45) is 11.7 Å². The average molecular weight is 622 g/mol. The lowest BCUT2D eigenvalue weighted by atomic mass is 9.75. The summed E-state index contributed by atoms with van der Waals surface area (Å²) >= 11 is 0. The van der Waals surface area contributed by atoms with Crippen LogP contribution in [0.25, 0.3) is 16.8 Å². The summed E-state index contributed by atoms with van der Waals surface area (Å²) in [5, 5.41) is 17.1. The molecule has 1 aliphatic carbocycles. The minimum atomic E-state index is -3.30. The van der Waals surface area contributed by atoms with Crippen molar-refractivity contribution in [1.82, 2.24) is 19.6 Å². The number of ether oxygens (including phenoxy) is 1. The fraction of sp³-hybridized carbons (Fsp3) is 0.419. The van der Waals surface area contributed by atoms with E-state index in [2.05, 4.69) is 26.5 Å². The van der Waals surface area contributed by atoms with Gasteiger partial charge >= 0.3 is 0 Å². The third-order valence-corrected chi connectivity index (χ3v) is 10.8. The molecular weight excluding hydrogens is 588 g/mol. The number of nitrogens with zero attached hydrogens (tertiary/aromatic N) is 5. The van der Waals surface area contributed by atoms with Crippen LogP contribution in [0.5, 0.6) is 0 Å². The van der Waals surface area contributed by atoms with Gasteiger partial charge in [0.15, 0.2) is 9.84 Å². The van der Waals surface area contributed by atoms with E-state index in [0.29, 0.717) is 56.0 Å². The van der Waals surface area contributed by atoms with Crippen LogP contribution in [0.3, 0.4) is 0 Å². The second-order valence-corrected chi connectivity index (χ2v) is 14.2. The molecule has 230 valence electrons. The summed E-state index contributed by atoms with van der Waals surface area (Å²) in [6.45, 7) is 2.60. The summed E-state index contributed by atoms with van der Waals surface area (Å²) in [5.74, 6) is -1.48. The van der Waals surface area contributed by atoms with Crippen molar-refractivity contribution in [3.63, 3.8) is 0 Å². The van der Waals surface area contributed by atoms with Crippen molar-refractivity contribution in [3.8, 4) is 17.3 Å². The second kappa shape index (κ2) is 11.5. The molecule has 4 atom stereocenters. The van der Waals surface area contributed by atoms with E-state index in [0.717, 1.165) is 5.56 Å². The molecule has 1 saturated carbocycles. The van der Waals surface area contributed by atoms with E-state index >= 15 is 8.78 Å². The van der Waals surface area contributed by atoms with E-state index in [1.165, 1.54) is 29.0 Å². The quantitative estimate of drug-likeness (QED) is 0.314. The molecular formula is C31H33F2N7O3S. The average Bonchev–Trinajstić information content (AvgIpc) is 3.38. The summed E-state index contributed by atoms with van der Waals surface area (Å²) < 4.78 is 62.6. The number of hydrogen-bond acceptors (Lipinski definition) is 9. The highest BCUT2D eigenvalue weighted by Gasteiger charge is 2.41. The molecule has 0 amide bonds. The van der Waals surface area contributed by atoms with Crippen molar-refractivity contribution < 1.29 is 21.9 Å². The first-order valence-electron chi connectivity index (χ1n) is 14.5. The Balaban J connectivity index is 1.32. The highest BCUT2D eigenvalue weighted by Crippen LogP contribution is 2.41. The Morgan fingerprint density at radius 3 is 2.52 bits per heavy atom. The first kappa shape index (κ1) is 30.1. The van der Waals surface area contributed by atoms with Gasteiger partial charge < -0.3 is 15.8 Å². The van der Waals surface area contributed by atoms with Crippen LogP contribution in [-0.2, 0) is 20.0 Å². The molecule has 44 heavy (non-hydrogen) atoms. The minimum Gasteiger partial charge on any atom is -0.381 e. The highest BCUT2D eigenvalue weighted by molar-refractivity contribution is 7.91. The number of halogens is 2. The normalized spacial score (nSPS) is 23.7. The summed E-state index contributed by atoms with van der Waals surface area (Å²) in [7, 11) is -3.30. The number of nitriles is 1. The number of nitrogens with one attached hydrogen (secondary N) is 1. The molecule has 1 aliphatic heterocycles. The van der Waals surface area contributed by atoms with Crippen LogP contribution >= 0.6 is 0 Å². The molecule has 10 nitrogen and oxygen atoms in total. The van der Waals surface area contributed by atoms with Crippen molar-refractivity contribution in [2.45, 2.75) is 55.2 Å². The van der Waals surface area contributed by atoms with Crippen molar-refractivity contribution >= 4 is 27.0 Å². The largest absolute Gasteiger partial charge is 0.381 e. The molecule has 0 radical (unpaired) electrons. The predicted molar refractivity (Wildman–Crippen MR) is 161 cm³/mol. The topological polar surface area (TPSA) is 148 Å². The monoisotopic (exact) mass is 621 g/mol. The Bertz CT molecular complexity index is 1830. The Labute approximate surface area is 254 Å². The maximum Gasteiger partial charge on any atom is 0.229 e. The molecule has 2 fully saturated rings. The Morgan fingerprint density at radius 1 is 1.14 bits per heavy atom. The molecule has 3 aromatic heterocycles. The smallest absolute Gasteiger partial charge is 0.229 e. The molecule has 6 rings (SSSR count). The molecule has 4 unspecified atom stereocenters. The molecule has 0 bridgehead atoms. The van der Waals surface area contributed by atoms with Crippen molar-refractivity contribution in [1.29, 1.82) is 5.26 Å². The molecule has 0 spiro atoms. The lowest BCUT2D eigenvalue weighted by molar-refractivity contribution is 0.0674. The molecule has 2 aliphatic rings. The van der Waals surface area contributed by atoms with E-state index < -0.39 is 38.2 Å². The number of sulfone groups is 1. The number of fused-ring (bicyclic) bond motifs is 1. The van der Waals surface area contributed by atoms with Gasteiger partial charge in [0.05, 0.1) is 51.6 Å². The Hall–Kier alpha value is -3.99. The van der Waals surface area contributed by atoms with Crippen LogP contribution in [0.4, 0.5) is 20.4 Å². The van der Waals surface area contributed by atoms with Gasteiger partial charge in [-0.2, -0.15) is 14.9 Å². The van der Waals surface area contributed by atoms with Crippen molar-refractivity contribution in [2.75, 3.05) is 24.8 Å². The van der Waals surface area contributed by atoms with Gasteiger partial charge in [-0.15, -0.1) is 0 Å². The van der Waals surface area contributed by atoms with Gasteiger partial charge in [-0.05, 0) is 79.0 Å². The second-order valence-electron chi connectivity index (χ2n) is 11.9. The maximum atomic E-state index is 15.5. The zero-order chi connectivity index (χ0) is 31.2. The zero-order valence-corrected chi connectivity index (χ0v) is 25.2. The molecule has 13 heteroatoms.